The summed E-state index contributed by atoms with van der Waals surface area (Å²) in [6.45, 7) is 6.36. The molecule has 0 N–H and O–H groups in total. The smallest absolute Gasteiger partial charge is 0.306 e. The predicted molar refractivity (Wildman–Crippen MR) is 330 cm³/mol. The third-order valence-corrected chi connectivity index (χ3v) is 13.5. The van der Waals surface area contributed by atoms with Crippen molar-refractivity contribution < 1.29 is 28.6 Å². The van der Waals surface area contributed by atoms with Gasteiger partial charge >= 0.3 is 17.9 Å². The van der Waals surface area contributed by atoms with E-state index >= 15 is 0 Å². The van der Waals surface area contributed by atoms with Crippen LogP contribution in [0.1, 0.15) is 297 Å². The average molecular weight is 1060 g/mol. The summed E-state index contributed by atoms with van der Waals surface area (Å²) in [5, 5.41) is 0. The summed E-state index contributed by atoms with van der Waals surface area (Å²) in [6.07, 6.45) is 87.1. The number of carbonyl (C=O) groups excluding carboxylic acids is 3. The lowest BCUT2D eigenvalue weighted by Gasteiger charge is -2.18. The van der Waals surface area contributed by atoms with Gasteiger partial charge in [0, 0.05) is 19.3 Å². The zero-order chi connectivity index (χ0) is 55.0. The van der Waals surface area contributed by atoms with Crippen molar-refractivity contribution in [2.45, 2.75) is 303 Å². The average Bonchev–Trinajstić information content (AvgIpc) is 3.42. The lowest BCUT2D eigenvalue weighted by atomic mass is 10.0. The summed E-state index contributed by atoms with van der Waals surface area (Å²) in [4.78, 5) is 38.0. The molecule has 0 aromatic carbocycles. The van der Waals surface area contributed by atoms with Crippen LogP contribution in [0, 0.1) is 0 Å². The first-order valence-corrected chi connectivity index (χ1v) is 31.9. The van der Waals surface area contributed by atoms with E-state index in [9.17, 15) is 14.4 Å². The summed E-state index contributed by atoms with van der Waals surface area (Å²) < 4.78 is 16.8. The number of carbonyl (C=O) groups is 3. The van der Waals surface area contributed by atoms with Gasteiger partial charge in [0.05, 0.1) is 0 Å². The Labute approximate surface area is 470 Å². The number of ether oxygens (including phenoxy) is 3. The van der Waals surface area contributed by atoms with Crippen molar-refractivity contribution in [3.05, 3.63) is 109 Å². The van der Waals surface area contributed by atoms with E-state index in [1.807, 2.05) is 0 Å². The molecule has 0 aliphatic carbocycles. The first kappa shape index (κ1) is 72.1. The highest BCUT2D eigenvalue weighted by molar-refractivity contribution is 5.71. The van der Waals surface area contributed by atoms with Crippen LogP contribution in [0.2, 0.25) is 0 Å². The van der Waals surface area contributed by atoms with Gasteiger partial charge in [0.15, 0.2) is 6.10 Å². The van der Waals surface area contributed by atoms with Crippen molar-refractivity contribution >= 4 is 17.9 Å². The van der Waals surface area contributed by atoms with Crippen LogP contribution < -0.4 is 0 Å². The molecule has 0 aromatic heterocycles. The van der Waals surface area contributed by atoms with Gasteiger partial charge in [-0.05, 0) is 103 Å². The van der Waals surface area contributed by atoms with Crippen LogP contribution in [0.5, 0.6) is 0 Å². The van der Waals surface area contributed by atoms with Gasteiger partial charge in [0.25, 0.3) is 0 Å². The first-order valence-electron chi connectivity index (χ1n) is 31.9. The number of esters is 3. The summed E-state index contributed by atoms with van der Waals surface area (Å²) >= 11 is 0. The molecule has 76 heavy (non-hydrogen) atoms. The van der Waals surface area contributed by atoms with Crippen LogP contribution in [0.4, 0.5) is 0 Å². The minimum Gasteiger partial charge on any atom is -0.462 e. The van der Waals surface area contributed by atoms with E-state index in [4.69, 9.17) is 14.2 Å². The number of hydrogen-bond donors (Lipinski definition) is 0. The third-order valence-electron chi connectivity index (χ3n) is 13.5. The number of rotatable bonds is 57. The molecule has 434 valence electrons. The van der Waals surface area contributed by atoms with E-state index in [0.29, 0.717) is 19.3 Å². The molecule has 0 rings (SSSR count). The Morgan fingerprint density at radius 2 is 0.513 bits per heavy atom. The van der Waals surface area contributed by atoms with E-state index in [2.05, 4.69) is 130 Å². The Bertz CT molecular complexity index is 1540. The maximum atomic E-state index is 12.8. The SMILES string of the molecule is CC/C=C\C/C=C\C/C=C\C/C=C\C/C=C\C/C=C\CCCCCCCCCCCCCCCCCCC(=O)OCC(COC(=O)CCCCCCCC)OC(=O)CCCCCCCCC/C=C\C/C=C\C/C=C\CC. The fourth-order valence-corrected chi connectivity index (χ4v) is 8.81. The van der Waals surface area contributed by atoms with Gasteiger partial charge in [-0.3, -0.25) is 14.4 Å². The Kier molecular flexibility index (Phi) is 60.3. The minimum absolute atomic E-state index is 0.0796. The highest BCUT2D eigenvalue weighted by Crippen LogP contribution is 2.16. The van der Waals surface area contributed by atoms with E-state index < -0.39 is 6.10 Å². The number of unbranched alkanes of at least 4 members (excludes halogenated alkanes) is 28. The lowest BCUT2D eigenvalue weighted by molar-refractivity contribution is -0.167. The van der Waals surface area contributed by atoms with Crippen LogP contribution >= 0.6 is 0 Å². The van der Waals surface area contributed by atoms with E-state index in [1.165, 1.54) is 135 Å². The van der Waals surface area contributed by atoms with E-state index in [-0.39, 0.29) is 31.1 Å². The molecule has 0 aliphatic rings. The van der Waals surface area contributed by atoms with Crippen molar-refractivity contribution in [2.75, 3.05) is 13.2 Å². The first-order chi connectivity index (χ1) is 37.5. The van der Waals surface area contributed by atoms with Gasteiger partial charge in [0.1, 0.15) is 13.2 Å². The largest absolute Gasteiger partial charge is 0.462 e. The Morgan fingerprint density at radius 3 is 0.803 bits per heavy atom. The molecular weight excluding hydrogens is 937 g/mol. The monoisotopic (exact) mass is 1050 g/mol. The molecule has 1 atom stereocenters. The van der Waals surface area contributed by atoms with Crippen molar-refractivity contribution in [3.8, 4) is 0 Å². The summed E-state index contributed by atoms with van der Waals surface area (Å²) in [5.74, 6) is -0.893. The molecule has 0 saturated heterocycles. The second-order valence-corrected chi connectivity index (χ2v) is 20.9. The Balaban J connectivity index is 4.00. The molecule has 0 heterocycles. The molecule has 1 unspecified atom stereocenters. The molecular formula is C70H118O6. The van der Waals surface area contributed by atoms with E-state index in [1.54, 1.807) is 0 Å². The molecule has 6 heteroatoms. The molecule has 0 aromatic rings. The third kappa shape index (κ3) is 60.9. The van der Waals surface area contributed by atoms with Crippen LogP contribution in [0.15, 0.2) is 109 Å². The van der Waals surface area contributed by atoms with Crippen LogP contribution in [0.25, 0.3) is 0 Å². The van der Waals surface area contributed by atoms with Crippen LogP contribution in [-0.4, -0.2) is 37.2 Å². The second kappa shape index (κ2) is 63.6. The van der Waals surface area contributed by atoms with Gasteiger partial charge in [-0.1, -0.05) is 284 Å². The van der Waals surface area contributed by atoms with Crippen molar-refractivity contribution in [1.82, 2.24) is 0 Å². The molecule has 0 spiro atoms. The Hall–Kier alpha value is -3.93. The number of allylic oxidation sites excluding steroid dienone is 18. The van der Waals surface area contributed by atoms with Gasteiger partial charge in [-0.25, -0.2) is 0 Å². The van der Waals surface area contributed by atoms with Gasteiger partial charge in [-0.2, -0.15) is 0 Å². The van der Waals surface area contributed by atoms with Crippen LogP contribution in [0.3, 0.4) is 0 Å². The summed E-state index contributed by atoms with van der Waals surface area (Å²) in [7, 11) is 0. The lowest BCUT2D eigenvalue weighted by Crippen LogP contribution is -2.30. The maximum Gasteiger partial charge on any atom is 0.306 e. The summed E-state index contributed by atoms with van der Waals surface area (Å²) in [6, 6.07) is 0. The maximum absolute atomic E-state index is 12.8. The van der Waals surface area contributed by atoms with Gasteiger partial charge < -0.3 is 14.2 Å². The van der Waals surface area contributed by atoms with Gasteiger partial charge in [0.2, 0.25) is 0 Å². The topological polar surface area (TPSA) is 78.9 Å². The zero-order valence-corrected chi connectivity index (χ0v) is 49.7. The predicted octanol–water partition coefficient (Wildman–Crippen LogP) is 21.8. The molecule has 0 aliphatic heterocycles. The molecule has 0 fully saturated rings. The Morgan fingerprint density at radius 1 is 0.276 bits per heavy atom. The van der Waals surface area contributed by atoms with Crippen molar-refractivity contribution in [3.63, 3.8) is 0 Å². The minimum atomic E-state index is -0.779. The second-order valence-electron chi connectivity index (χ2n) is 20.9. The zero-order valence-electron chi connectivity index (χ0n) is 49.7. The molecule has 0 bridgehead atoms. The highest BCUT2D eigenvalue weighted by atomic mass is 16.6. The fraction of sp³-hybridized carbons (Fsp3) is 0.700. The molecule has 6 nitrogen and oxygen atoms in total. The molecule has 0 radical (unpaired) electrons. The quantitative estimate of drug-likeness (QED) is 0.0261. The standard InChI is InChI=1S/C70H118O6/c1-4-7-10-13-16-18-20-22-24-26-27-28-29-30-31-32-33-34-35-36-37-38-39-40-41-42-43-45-46-48-50-52-54-57-60-63-69(72)75-66-67(65-74-68(71)62-59-56-15-12-9-6-3)76-70(73)64-61-58-55-53-51-49-47-44-25-23-21-19-17-14-11-8-5-2/h7-8,10-11,16-19,22-25,27-28,30-31,33-34,67H,4-6,9,12-15,20-21,26,29,32,35-66H2,1-3H3/b10-7-,11-8-,18-16-,19-17-,24-22-,25-23-,28-27-,31-30-,34-33-. The van der Waals surface area contributed by atoms with Crippen molar-refractivity contribution in [2.24, 2.45) is 0 Å². The number of hydrogen-bond acceptors (Lipinski definition) is 6. The van der Waals surface area contributed by atoms with Crippen molar-refractivity contribution in [1.29, 1.82) is 0 Å². The molecule has 0 amide bonds. The molecule has 0 saturated carbocycles. The van der Waals surface area contributed by atoms with E-state index in [0.717, 1.165) is 122 Å². The normalized spacial score (nSPS) is 12.8. The van der Waals surface area contributed by atoms with Crippen LogP contribution in [-0.2, 0) is 28.6 Å². The highest BCUT2D eigenvalue weighted by Gasteiger charge is 2.19. The summed E-state index contributed by atoms with van der Waals surface area (Å²) in [5.41, 5.74) is 0. The van der Waals surface area contributed by atoms with Gasteiger partial charge in [-0.15, -0.1) is 0 Å². The fourth-order valence-electron chi connectivity index (χ4n) is 8.81.